The fourth-order valence-electron chi connectivity index (χ4n) is 2.90. The molecule has 2 heterocycles. The van der Waals surface area contributed by atoms with Crippen LogP contribution in [0.15, 0.2) is 60.7 Å². The lowest BCUT2D eigenvalue weighted by Gasteiger charge is -2.08. The standard InChI is InChI=1S/C22H21N5O3/c1-15-3-5-17(6-4-15)22(28)23-13-14-30-20-12-11-19-24-25-21(27(19)26-20)16-7-9-18(29-2)10-8-16/h3-12H,13-14H2,1-2H3,(H,23,28). The van der Waals surface area contributed by atoms with Crippen molar-refractivity contribution in [1.82, 2.24) is 25.1 Å². The molecule has 8 heteroatoms. The van der Waals surface area contributed by atoms with Crippen molar-refractivity contribution in [2.75, 3.05) is 20.3 Å². The van der Waals surface area contributed by atoms with Crippen molar-refractivity contribution >= 4 is 11.6 Å². The average molecular weight is 403 g/mol. The van der Waals surface area contributed by atoms with Gasteiger partial charge in [0.1, 0.15) is 12.4 Å². The third-order valence-corrected chi connectivity index (χ3v) is 4.54. The predicted molar refractivity (Wildman–Crippen MR) is 112 cm³/mol. The van der Waals surface area contributed by atoms with E-state index >= 15 is 0 Å². The molecule has 2 aromatic carbocycles. The Morgan fingerprint density at radius 2 is 1.77 bits per heavy atom. The molecule has 152 valence electrons. The van der Waals surface area contributed by atoms with Gasteiger partial charge in [0.15, 0.2) is 11.5 Å². The number of carbonyl (C=O) groups excluding carboxylic acids is 1. The monoisotopic (exact) mass is 403 g/mol. The molecule has 0 saturated heterocycles. The van der Waals surface area contributed by atoms with Gasteiger partial charge in [0.05, 0.1) is 13.7 Å². The van der Waals surface area contributed by atoms with Crippen molar-refractivity contribution in [3.8, 4) is 23.0 Å². The van der Waals surface area contributed by atoms with E-state index in [0.29, 0.717) is 29.5 Å². The van der Waals surface area contributed by atoms with E-state index in [-0.39, 0.29) is 12.5 Å². The summed E-state index contributed by atoms with van der Waals surface area (Å²) < 4.78 is 12.5. The number of fused-ring (bicyclic) bond motifs is 1. The lowest BCUT2D eigenvalue weighted by molar-refractivity contribution is 0.0946. The van der Waals surface area contributed by atoms with Crippen molar-refractivity contribution in [3.05, 3.63) is 71.8 Å². The maximum atomic E-state index is 12.1. The second-order valence-electron chi connectivity index (χ2n) is 6.66. The maximum Gasteiger partial charge on any atom is 0.251 e. The molecule has 2 aromatic heterocycles. The first-order valence-corrected chi connectivity index (χ1v) is 9.48. The van der Waals surface area contributed by atoms with Gasteiger partial charge in [-0.3, -0.25) is 4.79 Å². The average Bonchev–Trinajstić information content (AvgIpc) is 3.20. The number of aromatic nitrogens is 4. The minimum atomic E-state index is -0.136. The van der Waals surface area contributed by atoms with Crippen LogP contribution in [0, 0.1) is 6.92 Å². The minimum Gasteiger partial charge on any atom is -0.497 e. The third kappa shape index (κ3) is 4.22. The van der Waals surface area contributed by atoms with E-state index in [2.05, 4.69) is 20.6 Å². The molecule has 0 aliphatic carbocycles. The number of aryl methyl sites for hydroxylation is 1. The van der Waals surface area contributed by atoms with E-state index < -0.39 is 0 Å². The molecule has 8 nitrogen and oxygen atoms in total. The van der Waals surface area contributed by atoms with Gasteiger partial charge in [-0.2, -0.15) is 4.52 Å². The molecular weight excluding hydrogens is 382 g/mol. The molecule has 0 bridgehead atoms. The van der Waals surface area contributed by atoms with Gasteiger partial charge in [-0.05, 0) is 49.4 Å². The van der Waals surface area contributed by atoms with Gasteiger partial charge in [0.2, 0.25) is 5.88 Å². The number of rotatable bonds is 7. The summed E-state index contributed by atoms with van der Waals surface area (Å²) in [4.78, 5) is 12.1. The Bertz CT molecular complexity index is 1150. The zero-order valence-electron chi connectivity index (χ0n) is 16.7. The van der Waals surface area contributed by atoms with E-state index in [4.69, 9.17) is 9.47 Å². The highest BCUT2D eigenvalue weighted by molar-refractivity contribution is 5.94. The van der Waals surface area contributed by atoms with Crippen LogP contribution in [0.3, 0.4) is 0 Å². The fourth-order valence-corrected chi connectivity index (χ4v) is 2.90. The molecule has 0 radical (unpaired) electrons. The predicted octanol–water partition coefficient (Wildman–Crippen LogP) is 2.92. The molecule has 1 N–H and O–H groups in total. The lowest BCUT2D eigenvalue weighted by Crippen LogP contribution is -2.28. The highest BCUT2D eigenvalue weighted by Gasteiger charge is 2.11. The first-order valence-electron chi connectivity index (χ1n) is 9.48. The van der Waals surface area contributed by atoms with Gasteiger partial charge < -0.3 is 14.8 Å². The van der Waals surface area contributed by atoms with Gasteiger partial charge in [0.25, 0.3) is 5.91 Å². The van der Waals surface area contributed by atoms with Crippen LogP contribution < -0.4 is 14.8 Å². The van der Waals surface area contributed by atoms with Crippen molar-refractivity contribution in [3.63, 3.8) is 0 Å². The highest BCUT2D eigenvalue weighted by atomic mass is 16.5. The van der Waals surface area contributed by atoms with E-state index in [9.17, 15) is 4.79 Å². The zero-order chi connectivity index (χ0) is 20.9. The van der Waals surface area contributed by atoms with E-state index in [1.807, 2.05) is 43.3 Å². The summed E-state index contributed by atoms with van der Waals surface area (Å²) >= 11 is 0. The molecule has 0 spiro atoms. The summed E-state index contributed by atoms with van der Waals surface area (Å²) in [5.41, 5.74) is 3.20. The van der Waals surface area contributed by atoms with E-state index in [0.717, 1.165) is 16.9 Å². The van der Waals surface area contributed by atoms with Crippen LogP contribution in [0.2, 0.25) is 0 Å². The van der Waals surface area contributed by atoms with Crippen molar-refractivity contribution < 1.29 is 14.3 Å². The van der Waals surface area contributed by atoms with Crippen molar-refractivity contribution in [1.29, 1.82) is 0 Å². The third-order valence-electron chi connectivity index (χ3n) is 4.54. The number of hydrogen-bond acceptors (Lipinski definition) is 6. The van der Waals surface area contributed by atoms with Crippen molar-refractivity contribution in [2.24, 2.45) is 0 Å². The van der Waals surface area contributed by atoms with Crippen LogP contribution >= 0.6 is 0 Å². The number of amides is 1. The maximum absolute atomic E-state index is 12.1. The number of nitrogens with zero attached hydrogens (tertiary/aromatic N) is 4. The molecule has 1 amide bonds. The number of methoxy groups -OCH3 is 1. The number of ether oxygens (including phenoxy) is 2. The molecule has 0 aliphatic rings. The molecular formula is C22H21N5O3. The SMILES string of the molecule is COc1ccc(-c2nnc3ccc(OCCNC(=O)c4ccc(C)cc4)nn23)cc1. The molecule has 4 aromatic rings. The van der Waals surface area contributed by atoms with Gasteiger partial charge in [-0.25, -0.2) is 0 Å². The van der Waals surface area contributed by atoms with Crippen LogP contribution in [0.5, 0.6) is 11.6 Å². The quantitative estimate of drug-likeness (QED) is 0.477. The van der Waals surface area contributed by atoms with Crippen LogP contribution in [0.4, 0.5) is 0 Å². The first-order chi connectivity index (χ1) is 14.6. The van der Waals surface area contributed by atoms with Crippen LogP contribution in [-0.2, 0) is 0 Å². The van der Waals surface area contributed by atoms with Gasteiger partial charge >= 0.3 is 0 Å². The number of hydrogen-bond donors (Lipinski definition) is 1. The smallest absolute Gasteiger partial charge is 0.251 e. The minimum absolute atomic E-state index is 0.136. The number of benzene rings is 2. The Kier molecular flexibility index (Phi) is 5.56. The highest BCUT2D eigenvalue weighted by Crippen LogP contribution is 2.21. The summed E-state index contributed by atoms with van der Waals surface area (Å²) in [5, 5.41) is 15.7. The van der Waals surface area contributed by atoms with Gasteiger partial charge in [-0.15, -0.1) is 15.3 Å². The molecule has 0 unspecified atom stereocenters. The Hall–Kier alpha value is -3.94. The van der Waals surface area contributed by atoms with Crippen LogP contribution in [0.1, 0.15) is 15.9 Å². The summed E-state index contributed by atoms with van der Waals surface area (Å²) in [5.74, 6) is 1.65. The Morgan fingerprint density at radius 3 is 2.50 bits per heavy atom. The molecule has 30 heavy (non-hydrogen) atoms. The Balaban J connectivity index is 1.39. The molecule has 0 fully saturated rings. The Morgan fingerprint density at radius 1 is 1.00 bits per heavy atom. The molecule has 0 saturated carbocycles. The summed E-state index contributed by atoms with van der Waals surface area (Å²) in [6, 6.07) is 18.4. The van der Waals surface area contributed by atoms with E-state index in [1.54, 1.807) is 35.9 Å². The number of nitrogens with one attached hydrogen (secondary N) is 1. The van der Waals surface area contributed by atoms with Crippen molar-refractivity contribution in [2.45, 2.75) is 6.92 Å². The largest absolute Gasteiger partial charge is 0.497 e. The normalized spacial score (nSPS) is 10.7. The molecule has 0 atom stereocenters. The zero-order valence-corrected chi connectivity index (χ0v) is 16.7. The topological polar surface area (TPSA) is 90.6 Å². The molecule has 4 rings (SSSR count). The van der Waals surface area contributed by atoms with Crippen LogP contribution in [-0.4, -0.2) is 46.0 Å². The lowest BCUT2D eigenvalue weighted by atomic mass is 10.1. The molecule has 0 aliphatic heterocycles. The second kappa shape index (κ2) is 8.60. The summed E-state index contributed by atoms with van der Waals surface area (Å²) in [6.07, 6.45) is 0. The summed E-state index contributed by atoms with van der Waals surface area (Å²) in [7, 11) is 1.62. The Labute approximate surface area is 173 Å². The summed E-state index contributed by atoms with van der Waals surface area (Å²) in [6.45, 7) is 2.63. The second-order valence-corrected chi connectivity index (χ2v) is 6.66. The van der Waals surface area contributed by atoms with E-state index in [1.165, 1.54) is 0 Å². The van der Waals surface area contributed by atoms with Gasteiger partial charge in [-0.1, -0.05) is 17.7 Å². The first kappa shape index (κ1) is 19.4. The fraction of sp³-hybridized carbons (Fsp3) is 0.182. The van der Waals surface area contributed by atoms with Crippen LogP contribution in [0.25, 0.3) is 17.0 Å². The van der Waals surface area contributed by atoms with Gasteiger partial charge in [0, 0.05) is 17.2 Å². The number of carbonyl (C=O) groups is 1.